The van der Waals surface area contributed by atoms with Crippen LogP contribution >= 0.6 is 12.4 Å². The van der Waals surface area contributed by atoms with E-state index in [2.05, 4.69) is 20.9 Å². The molecule has 0 bridgehead atoms. The molecule has 8 nitrogen and oxygen atoms in total. The lowest BCUT2D eigenvalue weighted by Crippen LogP contribution is -2.41. The number of amidine groups is 1. The average Bonchev–Trinajstić information content (AvgIpc) is 3.16. The highest BCUT2D eigenvalue weighted by molar-refractivity contribution is 5.94. The minimum absolute atomic E-state index is 0. The number of hydrogen-bond acceptors (Lipinski definition) is 4. The van der Waals surface area contributed by atoms with Gasteiger partial charge in [-0.1, -0.05) is 42.5 Å². The molecule has 0 aliphatic heterocycles. The largest absolute Gasteiger partial charge is 0.384 e. The first-order valence-electron chi connectivity index (χ1n) is 9.75. The third-order valence-corrected chi connectivity index (χ3v) is 4.72. The molecule has 0 spiro atoms. The van der Waals surface area contributed by atoms with Gasteiger partial charge in [0.05, 0.1) is 13.1 Å². The van der Waals surface area contributed by atoms with Gasteiger partial charge in [-0.05, 0) is 23.6 Å². The Balaban J connectivity index is 0.00000341. The number of H-pyrrole nitrogens is 1. The smallest absolute Gasteiger partial charge is 0.239 e. The summed E-state index contributed by atoms with van der Waals surface area (Å²) in [4.78, 5) is 27.0. The highest BCUT2D eigenvalue weighted by Crippen LogP contribution is 2.17. The molecular weight excluding hydrogens is 416 g/mol. The molecule has 0 fully saturated rings. The summed E-state index contributed by atoms with van der Waals surface area (Å²) in [5.41, 5.74) is 9.28. The monoisotopic (exact) mass is 442 g/mol. The van der Waals surface area contributed by atoms with Gasteiger partial charge in [-0.2, -0.15) is 0 Å². The molecule has 9 heteroatoms. The zero-order chi connectivity index (χ0) is 21.3. The first kappa shape index (κ1) is 23.9. The van der Waals surface area contributed by atoms with E-state index in [1.54, 1.807) is 12.1 Å². The number of nitrogens with two attached hydrogens (primary N) is 1. The maximum Gasteiger partial charge on any atom is 0.239 e. The summed E-state index contributed by atoms with van der Waals surface area (Å²) in [6.07, 6.45) is 2.67. The number of halogens is 1. The van der Waals surface area contributed by atoms with Crippen molar-refractivity contribution >= 4 is 41.0 Å². The molecule has 1 heterocycles. The standard InChI is InChI=1S/C22H26N6O2.ClH/c23-22(24)16-7-5-15(6-8-16)11-25-13-20(29)28-14-21(30)26-10-9-17-12-27-19-4-2-1-3-18(17)19;/h1-8,12,25,27H,9-11,13-14H2,(H3,23,24)(H,26,30)(H,28,29);1H. The number of nitrogens with one attached hydrogen (secondary N) is 5. The number of hydrogen-bond donors (Lipinski definition) is 6. The first-order valence-corrected chi connectivity index (χ1v) is 9.75. The van der Waals surface area contributed by atoms with Crippen molar-refractivity contribution in [2.24, 2.45) is 5.73 Å². The molecular formula is C22H27ClN6O2. The van der Waals surface area contributed by atoms with Gasteiger partial charge in [0.1, 0.15) is 5.84 Å². The Bertz CT molecular complexity index is 1030. The second-order valence-corrected chi connectivity index (χ2v) is 6.95. The summed E-state index contributed by atoms with van der Waals surface area (Å²) in [6.45, 7) is 1.06. The van der Waals surface area contributed by atoms with E-state index in [1.165, 1.54) is 0 Å². The second-order valence-electron chi connectivity index (χ2n) is 6.95. The second kappa shape index (κ2) is 11.7. The fourth-order valence-electron chi connectivity index (χ4n) is 3.10. The SMILES string of the molecule is Cl.N=C(N)c1ccc(CNCC(=O)NCC(=O)NCCc2c[nH]c3ccccc23)cc1. The molecule has 31 heavy (non-hydrogen) atoms. The number of fused-ring (bicyclic) bond motifs is 1. The molecule has 164 valence electrons. The molecule has 3 aromatic rings. The molecule has 2 aromatic carbocycles. The highest BCUT2D eigenvalue weighted by Gasteiger charge is 2.07. The lowest BCUT2D eigenvalue weighted by atomic mass is 10.1. The van der Waals surface area contributed by atoms with Gasteiger partial charge in [0.2, 0.25) is 11.8 Å². The predicted octanol–water partition coefficient (Wildman–Crippen LogP) is 1.44. The maximum atomic E-state index is 11.9. The summed E-state index contributed by atoms with van der Waals surface area (Å²) in [5.74, 6) is -0.446. The van der Waals surface area contributed by atoms with Crippen molar-refractivity contribution in [3.05, 3.63) is 71.4 Å². The van der Waals surface area contributed by atoms with Gasteiger partial charge in [0.25, 0.3) is 0 Å². The maximum absolute atomic E-state index is 11.9. The summed E-state index contributed by atoms with van der Waals surface area (Å²) in [7, 11) is 0. The van der Waals surface area contributed by atoms with E-state index in [9.17, 15) is 9.59 Å². The van der Waals surface area contributed by atoms with Crippen LogP contribution in [0.2, 0.25) is 0 Å². The van der Waals surface area contributed by atoms with Crippen molar-refractivity contribution in [3.63, 3.8) is 0 Å². The van der Waals surface area contributed by atoms with Crippen molar-refractivity contribution in [2.75, 3.05) is 19.6 Å². The Labute approximate surface area is 186 Å². The molecule has 0 aliphatic rings. The number of aromatic nitrogens is 1. The minimum Gasteiger partial charge on any atom is -0.384 e. The third-order valence-electron chi connectivity index (χ3n) is 4.72. The Hall–Kier alpha value is -3.36. The number of rotatable bonds is 10. The van der Waals surface area contributed by atoms with Crippen LogP contribution in [0.4, 0.5) is 0 Å². The molecule has 0 atom stereocenters. The quantitative estimate of drug-likeness (QED) is 0.209. The molecule has 0 unspecified atom stereocenters. The van der Waals surface area contributed by atoms with Gasteiger partial charge in [-0.25, -0.2) is 0 Å². The van der Waals surface area contributed by atoms with E-state index < -0.39 is 0 Å². The molecule has 0 saturated heterocycles. The van der Waals surface area contributed by atoms with Crippen LogP contribution in [0.5, 0.6) is 0 Å². The van der Waals surface area contributed by atoms with Crippen LogP contribution < -0.4 is 21.7 Å². The van der Waals surface area contributed by atoms with Gasteiger partial charge < -0.3 is 26.7 Å². The van der Waals surface area contributed by atoms with Gasteiger partial charge >= 0.3 is 0 Å². The van der Waals surface area contributed by atoms with E-state index in [4.69, 9.17) is 11.1 Å². The summed E-state index contributed by atoms with van der Waals surface area (Å²) in [5, 5.41) is 17.0. The van der Waals surface area contributed by atoms with Crippen LogP contribution in [0.3, 0.4) is 0 Å². The Morgan fingerprint density at radius 2 is 1.68 bits per heavy atom. The zero-order valence-electron chi connectivity index (χ0n) is 17.0. The number of aromatic amines is 1. The van der Waals surface area contributed by atoms with E-state index in [-0.39, 0.29) is 43.1 Å². The van der Waals surface area contributed by atoms with Crippen LogP contribution in [0, 0.1) is 5.41 Å². The lowest BCUT2D eigenvalue weighted by Gasteiger charge is -2.08. The fourth-order valence-corrected chi connectivity index (χ4v) is 3.10. The first-order chi connectivity index (χ1) is 14.5. The minimum atomic E-state index is -0.248. The van der Waals surface area contributed by atoms with Crippen LogP contribution in [0.1, 0.15) is 16.7 Å². The van der Waals surface area contributed by atoms with Gasteiger partial charge in [-0.15, -0.1) is 12.4 Å². The normalized spacial score (nSPS) is 10.3. The highest BCUT2D eigenvalue weighted by atomic mass is 35.5. The molecule has 3 rings (SSSR count). The van der Waals surface area contributed by atoms with Gasteiger partial charge in [-0.3, -0.25) is 15.0 Å². The summed E-state index contributed by atoms with van der Waals surface area (Å²) >= 11 is 0. The molecule has 2 amide bonds. The molecule has 0 radical (unpaired) electrons. The van der Waals surface area contributed by atoms with Crippen LogP contribution in [-0.4, -0.2) is 42.3 Å². The number of carbonyl (C=O) groups is 2. The van der Waals surface area contributed by atoms with Crippen LogP contribution in [0.25, 0.3) is 10.9 Å². The fraction of sp³-hybridized carbons (Fsp3) is 0.227. The van der Waals surface area contributed by atoms with E-state index in [0.717, 1.165) is 22.0 Å². The van der Waals surface area contributed by atoms with Crippen molar-refractivity contribution in [1.82, 2.24) is 20.9 Å². The Morgan fingerprint density at radius 3 is 2.42 bits per heavy atom. The van der Waals surface area contributed by atoms with E-state index in [1.807, 2.05) is 42.6 Å². The lowest BCUT2D eigenvalue weighted by molar-refractivity contribution is -0.125. The number of para-hydroxylation sites is 1. The molecule has 0 saturated carbocycles. The Morgan fingerprint density at radius 1 is 0.968 bits per heavy atom. The Kier molecular flexibility index (Phi) is 9.05. The number of amides is 2. The van der Waals surface area contributed by atoms with Crippen molar-refractivity contribution in [2.45, 2.75) is 13.0 Å². The zero-order valence-corrected chi connectivity index (χ0v) is 17.9. The third kappa shape index (κ3) is 7.13. The summed E-state index contributed by atoms with van der Waals surface area (Å²) < 4.78 is 0. The number of benzene rings is 2. The van der Waals surface area contributed by atoms with Gasteiger partial charge in [0, 0.05) is 35.8 Å². The number of carbonyl (C=O) groups excluding carboxylic acids is 2. The van der Waals surface area contributed by atoms with Crippen LogP contribution in [-0.2, 0) is 22.6 Å². The predicted molar refractivity (Wildman–Crippen MR) is 124 cm³/mol. The van der Waals surface area contributed by atoms with Gasteiger partial charge in [0.15, 0.2) is 0 Å². The van der Waals surface area contributed by atoms with E-state index in [0.29, 0.717) is 25.1 Å². The molecule has 7 N–H and O–H groups in total. The van der Waals surface area contributed by atoms with Crippen molar-refractivity contribution in [1.29, 1.82) is 5.41 Å². The van der Waals surface area contributed by atoms with Crippen molar-refractivity contribution < 1.29 is 9.59 Å². The topological polar surface area (TPSA) is 136 Å². The van der Waals surface area contributed by atoms with Crippen molar-refractivity contribution in [3.8, 4) is 0 Å². The average molecular weight is 443 g/mol. The summed E-state index contributed by atoms with van der Waals surface area (Å²) in [6, 6.07) is 15.3. The van der Waals surface area contributed by atoms with E-state index >= 15 is 0 Å². The molecule has 0 aliphatic carbocycles. The number of nitrogen functional groups attached to an aromatic ring is 1. The molecule has 1 aromatic heterocycles. The van der Waals surface area contributed by atoms with Crippen LogP contribution in [0.15, 0.2) is 54.7 Å².